The van der Waals surface area contributed by atoms with Crippen LogP contribution in [0.4, 0.5) is 4.79 Å². The second kappa shape index (κ2) is 48.6. The molecule has 0 saturated carbocycles. The fourth-order valence-corrected chi connectivity index (χ4v) is 8.85. The number of rotatable bonds is 50. The Morgan fingerprint density at radius 2 is 0.677 bits per heavy atom. The van der Waals surface area contributed by atoms with Crippen molar-refractivity contribution in [2.45, 2.75) is 303 Å². The van der Waals surface area contributed by atoms with Gasteiger partial charge in [0.2, 0.25) is 0 Å². The van der Waals surface area contributed by atoms with Gasteiger partial charge >= 0.3 is 18.0 Å². The molecule has 9 nitrogen and oxygen atoms in total. The van der Waals surface area contributed by atoms with E-state index in [0.29, 0.717) is 25.9 Å². The number of amides is 1. The van der Waals surface area contributed by atoms with Crippen molar-refractivity contribution in [1.29, 1.82) is 0 Å². The minimum atomic E-state index is -0.190. The van der Waals surface area contributed by atoms with Gasteiger partial charge in [-0.15, -0.1) is 0 Å². The van der Waals surface area contributed by atoms with Crippen molar-refractivity contribution < 1.29 is 33.7 Å². The molecule has 0 rings (SSSR count). The van der Waals surface area contributed by atoms with E-state index in [0.717, 1.165) is 173 Å². The van der Waals surface area contributed by atoms with Crippen molar-refractivity contribution in [2.24, 2.45) is 0 Å². The Bertz CT molecular complexity index is 960. The van der Waals surface area contributed by atoms with Gasteiger partial charge in [-0.25, -0.2) is 4.79 Å². The fourth-order valence-electron chi connectivity index (χ4n) is 8.85. The monoisotopic (exact) mass is 923 g/mol. The molecule has 0 saturated heterocycles. The topological polar surface area (TPSA) is 106 Å². The Kier molecular flexibility index (Phi) is 47.2. The molecule has 1 amide bonds. The lowest BCUT2D eigenvalue weighted by atomic mass is 10.0. The first kappa shape index (κ1) is 63.1. The maximum absolute atomic E-state index is 13.6. The van der Waals surface area contributed by atoms with Gasteiger partial charge < -0.3 is 29.1 Å². The standard InChI is InChI=1S/C56H110N2O7/c1-7-11-15-28-39-51(40-29-16-12-8-2)63-54(60)45-34-25-21-19-23-32-43-53(65-56(62)58(48-36-27-37-50-59)49-38-47-57(5)6)44-33-24-20-22-26-35-46-55(61)64-52(41-30-17-13-9-3)42-31-18-14-10-4/h51-53,59H,7-50H2,1-6H3. The summed E-state index contributed by atoms with van der Waals surface area (Å²) in [7, 11) is 4.12. The van der Waals surface area contributed by atoms with Gasteiger partial charge in [-0.1, -0.05) is 156 Å². The minimum Gasteiger partial charge on any atom is -0.462 e. The number of aliphatic hydroxyl groups is 1. The Labute approximate surface area is 403 Å². The summed E-state index contributed by atoms with van der Waals surface area (Å²) in [5, 5.41) is 9.29. The van der Waals surface area contributed by atoms with E-state index in [1.807, 2.05) is 4.90 Å². The van der Waals surface area contributed by atoms with Crippen LogP contribution in [-0.4, -0.2) is 91.6 Å². The number of unbranched alkanes of at least 4 members (excludes halogenated alkanes) is 24. The van der Waals surface area contributed by atoms with Crippen LogP contribution in [0.5, 0.6) is 0 Å². The molecule has 0 aliphatic heterocycles. The van der Waals surface area contributed by atoms with Gasteiger partial charge in [0, 0.05) is 32.5 Å². The Morgan fingerprint density at radius 1 is 0.369 bits per heavy atom. The van der Waals surface area contributed by atoms with Gasteiger partial charge in [0.15, 0.2) is 0 Å². The molecular weight excluding hydrogens is 813 g/mol. The summed E-state index contributed by atoms with van der Waals surface area (Å²) in [6.45, 7) is 11.4. The lowest BCUT2D eigenvalue weighted by Crippen LogP contribution is -2.37. The quantitative estimate of drug-likeness (QED) is 0.0365. The molecule has 0 atom stereocenters. The van der Waals surface area contributed by atoms with Crippen LogP contribution in [-0.2, 0) is 23.8 Å². The third-order valence-electron chi connectivity index (χ3n) is 13.1. The van der Waals surface area contributed by atoms with Crippen LogP contribution in [0.15, 0.2) is 0 Å². The van der Waals surface area contributed by atoms with Crippen molar-refractivity contribution in [3.05, 3.63) is 0 Å². The van der Waals surface area contributed by atoms with Crippen molar-refractivity contribution in [1.82, 2.24) is 9.80 Å². The highest BCUT2D eigenvalue weighted by molar-refractivity contribution is 5.70. The molecule has 9 heteroatoms. The summed E-state index contributed by atoms with van der Waals surface area (Å²) in [5.41, 5.74) is 0. The third-order valence-corrected chi connectivity index (χ3v) is 13.1. The van der Waals surface area contributed by atoms with Crippen molar-refractivity contribution >= 4 is 18.0 Å². The van der Waals surface area contributed by atoms with Crippen LogP contribution in [0.3, 0.4) is 0 Å². The number of aliphatic hydroxyl groups excluding tert-OH is 1. The Balaban J connectivity index is 4.94. The van der Waals surface area contributed by atoms with E-state index in [1.54, 1.807) is 0 Å². The summed E-state index contributed by atoms with van der Waals surface area (Å²) < 4.78 is 18.3. The molecule has 0 bridgehead atoms. The van der Waals surface area contributed by atoms with Crippen LogP contribution in [0.1, 0.15) is 285 Å². The van der Waals surface area contributed by atoms with E-state index in [4.69, 9.17) is 14.2 Å². The van der Waals surface area contributed by atoms with E-state index < -0.39 is 0 Å². The average molecular weight is 924 g/mol. The highest BCUT2D eigenvalue weighted by Gasteiger charge is 2.21. The zero-order valence-corrected chi connectivity index (χ0v) is 44.1. The molecule has 0 radical (unpaired) electrons. The highest BCUT2D eigenvalue weighted by atomic mass is 16.6. The summed E-state index contributed by atoms with van der Waals surface area (Å²) in [5.74, 6) is -0.0282. The van der Waals surface area contributed by atoms with E-state index in [1.165, 1.54) is 77.0 Å². The fraction of sp³-hybridized carbons (Fsp3) is 0.946. The molecule has 0 aliphatic rings. The minimum absolute atomic E-state index is 0.0141. The second-order valence-corrected chi connectivity index (χ2v) is 19.9. The Hall–Kier alpha value is -1.87. The largest absolute Gasteiger partial charge is 0.462 e. The first-order valence-electron chi connectivity index (χ1n) is 28.3. The average Bonchev–Trinajstić information content (AvgIpc) is 3.28. The van der Waals surface area contributed by atoms with Crippen LogP contribution < -0.4 is 0 Å². The Morgan fingerprint density at radius 3 is 1.03 bits per heavy atom. The van der Waals surface area contributed by atoms with Crippen LogP contribution >= 0.6 is 0 Å². The normalized spacial score (nSPS) is 11.7. The lowest BCUT2D eigenvalue weighted by Gasteiger charge is -2.26. The SMILES string of the molecule is CCCCCCC(CCCCCC)OC(=O)CCCCCCCCC(CCCCCCCCC(=O)OC(CCCCCC)CCCCCC)OC(=O)N(CCCCCO)CCCN(C)C. The molecule has 1 N–H and O–H groups in total. The molecule has 0 spiro atoms. The van der Waals surface area contributed by atoms with Crippen molar-refractivity contribution in [3.63, 3.8) is 0 Å². The number of carbonyl (C=O) groups is 3. The van der Waals surface area contributed by atoms with Gasteiger partial charge in [-0.05, 0) is 136 Å². The molecule has 0 aromatic carbocycles. The predicted octanol–water partition coefficient (Wildman–Crippen LogP) is 15.9. The number of nitrogens with zero attached hydrogens (tertiary/aromatic N) is 2. The van der Waals surface area contributed by atoms with Gasteiger partial charge in [0.1, 0.15) is 18.3 Å². The van der Waals surface area contributed by atoms with E-state index >= 15 is 0 Å². The second-order valence-electron chi connectivity index (χ2n) is 19.9. The van der Waals surface area contributed by atoms with E-state index in [9.17, 15) is 19.5 Å². The molecule has 0 aromatic rings. The van der Waals surface area contributed by atoms with Crippen LogP contribution in [0, 0.1) is 0 Å². The summed E-state index contributed by atoms with van der Waals surface area (Å²) in [4.78, 5) is 43.2. The molecular formula is C56H110N2O7. The summed E-state index contributed by atoms with van der Waals surface area (Å²) in [6, 6.07) is 0. The van der Waals surface area contributed by atoms with E-state index in [-0.39, 0.29) is 43.0 Å². The van der Waals surface area contributed by atoms with Crippen molar-refractivity contribution in [3.8, 4) is 0 Å². The van der Waals surface area contributed by atoms with Crippen LogP contribution in [0.2, 0.25) is 0 Å². The molecule has 386 valence electrons. The molecule has 0 heterocycles. The van der Waals surface area contributed by atoms with Crippen LogP contribution in [0.25, 0.3) is 0 Å². The molecule has 0 unspecified atom stereocenters. The highest BCUT2D eigenvalue weighted by Crippen LogP contribution is 2.21. The number of esters is 2. The maximum Gasteiger partial charge on any atom is 0.410 e. The lowest BCUT2D eigenvalue weighted by molar-refractivity contribution is -0.151. The maximum atomic E-state index is 13.6. The molecule has 0 fully saturated rings. The number of hydrogen-bond acceptors (Lipinski definition) is 8. The molecule has 0 aromatic heterocycles. The summed E-state index contributed by atoms with van der Waals surface area (Å²) >= 11 is 0. The van der Waals surface area contributed by atoms with Gasteiger partial charge in [-0.3, -0.25) is 9.59 Å². The van der Waals surface area contributed by atoms with Gasteiger partial charge in [-0.2, -0.15) is 0 Å². The number of hydrogen-bond donors (Lipinski definition) is 1. The van der Waals surface area contributed by atoms with E-state index in [2.05, 4.69) is 46.7 Å². The zero-order chi connectivity index (χ0) is 47.9. The molecule has 0 aliphatic carbocycles. The van der Waals surface area contributed by atoms with Gasteiger partial charge in [0.05, 0.1) is 0 Å². The zero-order valence-electron chi connectivity index (χ0n) is 44.1. The smallest absolute Gasteiger partial charge is 0.410 e. The number of carbonyl (C=O) groups excluding carboxylic acids is 3. The van der Waals surface area contributed by atoms with Crippen molar-refractivity contribution in [2.75, 3.05) is 40.3 Å². The number of ether oxygens (including phenoxy) is 3. The first-order valence-corrected chi connectivity index (χ1v) is 28.3. The van der Waals surface area contributed by atoms with Gasteiger partial charge in [0.25, 0.3) is 0 Å². The predicted molar refractivity (Wildman–Crippen MR) is 275 cm³/mol. The molecule has 65 heavy (non-hydrogen) atoms. The first-order chi connectivity index (χ1) is 31.7. The summed E-state index contributed by atoms with van der Waals surface area (Å²) in [6.07, 6.45) is 42.2. The third kappa shape index (κ3) is 43.2.